The minimum absolute atomic E-state index is 0.251. The molecule has 2 aliphatic rings. The molecule has 5 rings (SSSR count). The number of fused-ring (bicyclic) bond motifs is 3. The molecule has 6 heteroatoms. The summed E-state index contributed by atoms with van der Waals surface area (Å²) in [4.78, 5) is 40.7. The molecule has 0 saturated heterocycles. The van der Waals surface area contributed by atoms with E-state index >= 15 is 0 Å². The van der Waals surface area contributed by atoms with Crippen molar-refractivity contribution in [1.82, 2.24) is 5.32 Å². The zero-order chi connectivity index (χ0) is 22.5. The number of ether oxygens (including phenoxy) is 1. The lowest BCUT2D eigenvalue weighted by molar-refractivity contribution is -0.149. The van der Waals surface area contributed by atoms with Gasteiger partial charge < -0.3 is 10.1 Å². The summed E-state index contributed by atoms with van der Waals surface area (Å²) >= 11 is 3.38. The van der Waals surface area contributed by atoms with Gasteiger partial charge in [0, 0.05) is 28.1 Å². The van der Waals surface area contributed by atoms with Crippen molar-refractivity contribution >= 4 is 33.6 Å². The molecule has 0 radical (unpaired) electrons. The van der Waals surface area contributed by atoms with Crippen molar-refractivity contribution in [3.8, 4) is 5.75 Å². The van der Waals surface area contributed by atoms with Crippen LogP contribution in [0.4, 0.5) is 0 Å². The number of esters is 1. The molecule has 32 heavy (non-hydrogen) atoms. The maximum Gasteiger partial charge on any atom is 0.328 e. The van der Waals surface area contributed by atoms with E-state index in [2.05, 4.69) is 21.2 Å². The van der Waals surface area contributed by atoms with Crippen molar-refractivity contribution < 1.29 is 19.1 Å². The molecule has 1 saturated carbocycles. The number of halogens is 1. The van der Waals surface area contributed by atoms with E-state index in [1.807, 2.05) is 42.5 Å². The highest BCUT2D eigenvalue weighted by Crippen LogP contribution is 2.78. The first-order valence-electron chi connectivity index (χ1n) is 10.3. The number of benzene rings is 3. The summed E-state index contributed by atoms with van der Waals surface area (Å²) in [5.41, 5.74) is -0.813. The second-order valence-electron chi connectivity index (χ2n) is 8.38. The number of amides is 1. The molecular weight excluding hydrogens is 470 g/mol. The third-order valence-electron chi connectivity index (χ3n) is 6.73. The molecule has 1 heterocycles. The highest BCUT2D eigenvalue weighted by molar-refractivity contribution is 9.10. The Balaban J connectivity index is 1.57. The molecule has 0 spiro atoms. The van der Waals surface area contributed by atoms with Crippen molar-refractivity contribution in [2.75, 3.05) is 0 Å². The van der Waals surface area contributed by atoms with Gasteiger partial charge in [0.1, 0.15) is 5.75 Å². The molecule has 0 aromatic heterocycles. The third kappa shape index (κ3) is 2.79. The second-order valence-corrected chi connectivity index (χ2v) is 9.29. The molecule has 160 valence electrons. The highest BCUT2D eigenvalue weighted by atomic mass is 79.9. The maximum absolute atomic E-state index is 13.7. The van der Waals surface area contributed by atoms with Crippen molar-refractivity contribution in [3.05, 3.63) is 100 Å². The quantitative estimate of drug-likeness (QED) is 0.245. The third-order valence-corrected chi connectivity index (χ3v) is 7.26. The first-order chi connectivity index (χ1) is 15.4. The Labute approximate surface area is 193 Å². The summed E-state index contributed by atoms with van der Waals surface area (Å²) in [7, 11) is 0. The molecule has 3 aromatic carbocycles. The van der Waals surface area contributed by atoms with Crippen LogP contribution in [0.5, 0.6) is 5.75 Å². The predicted molar refractivity (Wildman–Crippen MR) is 122 cm³/mol. The maximum atomic E-state index is 13.7. The van der Waals surface area contributed by atoms with Crippen LogP contribution in [0.3, 0.4) is 0 Å². The van der Waals surface area contributed by atoms with E-state index in [1.54, 1.807) is 43.3 Å². The lowest BCUT2D eigenvalue weighted by Crippen LogP contribution is -2.45. The van der Waals surface area contributed by atoms with Crippen LogP contribution in [-0.2, 0) is 16.1 Å². The topological polar surface area (TPSA) is 72.5 Å². The Kier molecular flexibility index (Phi) is 4.78. The number of hydrogen-bond donors (Lipinski definition) is 1. The van der Waals surface area contributed by atoms with E-state index in [-0.39, 0.29) is 12.3 Å². The summed E-state index contributed by atoms with van der Waals surface area (Å²) < 4.78 is 6.44. The molecule has 3 aromatic rings. The van der Waals surface area contributed by atoms with Crippen LogP contribution in [0.2, 0.25) is 0 Å². The number of rotatable bonds is 5. The highest BCUT2D eigenvalue weighted by Gasteiger charge is 2.88. The SMILES string of the molecule is C[C@]1(C(=O)c2ccc(Br)cc2)[C@H]2c3ccccc3OC(=O)[C@@]21C(=O)NCc1ccccc1. The summed E-state index contributed by atoms with van der Waals surface area (Å²) in [6, 6.07) is 23.5. The minimum Gasteiger partial charge on any atom is -0.425 e. The Morgan fingerprint density at radius 3 is 2.34 bits per heavy atom. The molecule has 1 aliphatic carbocycles. The Hall–Kier alpha value is -3.25. The normalized spacial score (nSPS) is 25.2. The number of Topliss-reactive ketones (excluding diaryl/α,β-unsaturated/α-hetero) is 1. The van der Waals surface area contributed by atoms with Crippen LogP contribution >= 0.6 is 15.9 Å². The summed E-state index contributed by atoms with van der Waals surface area (Å²) in [5.74, 6) is -1.61. The average Bonchev–Trinajstić information content (AvgIpc) is 3.41. The van der Waals surface area contributed by atoms with E-state index in [1.165, 1.54) is 0 Å². The zero-order valence-corrected chi connectivity index (χ0v) is 18.9. The number of carbonyl (C=O) groups excluding carboxylic acids is 3. The first kappa shape index (κ1) is 20.6. The van der Waals surface area contributed by atoms with E-state index in [4.69, 9.17) is 4.74 Å². The largest absolute Gasteiger partial charge is 0.425 e. The molecular formula is C26H20BrNO4. The zero-order valence-electron chi connectivity index (χ0n) is 17.3. The van der Waals surface area contributed by atoms with Gasteiger partial charge in [-0.1, -0.05) is 76.6 Å². The van der Waals surface area contributed by atoms with E-state index in [0.717, 1.165) is 10.0 Å². The van der Waals surface area contributed by atoms with Gasteiger partial charge in [-0.3, -0.25) is 14.4 Å². The second kappa shape index (κ2) is 7.41. The average molecular weight is 490 g/mol. The fourth-order valence-electron chi connectivity index (χ4n) is 5.07. The number of carbonyl (C=O) groups is 3. The van der Waals surface area contributed by atoms with Crippen LogP contribution in [0.25, 0.3) is 0 Å². The van der Waals surface area contributed by atoms with Gasteiger partial charge in [0.25, 0.3) is 0 Å². The molecule has 0 unspecified atom stereocenters. The summed E-state index contributed by atoms with van der Waals surface area (Å²) in [6.45, 7) is 1.96. The van der Waals surface area contributed by atoms with E-state index < -0.39 is 28.6 Å². The molecule has 1 fully saturated rings. The number of ketones is 1. The Morgan fingerprint density at radius 1 is 0.969 bits per heavy atom. The standard InChI is InChI=1S/C26H20BrNO4/c1-25(22(29)17-11-13-18(27)14-12-17)21-19-9-5-6-10-20(19)32-24(31)26(21,25)23(30)28-15-16-7-3-2-4-8-16/h2-14,21H,15H2,1H3,(H,28,30)/t21-,25-,26+/m1/s1. The predicted octanol–water partition coefficient (Wildman–Crippen LogP) is 4.66. The number of hydrogen-bond acceptors (Lipinski definition) is 4. The van der Waals surface area contributed by atoms with E-state index in [9.17, 15) is 14.4 Å². The lowest BCUT2D eigenvalue weighted by Gasteiger charge is -2.23. The summed E-state index contributed by atoms with van der Waals surface area (Å²) in [6.07, 6.45) is 0. The molecule has 0 bridgehead atoms. The van der Waals surface area contributed by atoms with Crippen LogP contribution in [0.1, 0.15) is 34.3 Å². The molecule has 1 aliphatic heterocycles. The Morgan fingerprint density at radius 2 is 1.62 bits per heavy atom. The monoisotopic (exact) mass is 489 g/mol. The van der Waals surface area contributed by atoms with Crippen LogP contribution < -0.4 is 10.1 Å². The molecule has 5 nitrogen and oxygen atoms in total. The van der Waals surface area contributed by atoms with Crippen LogP contribution in [0, 0.1) is 10.8 Å². The molecule has 1 amide bonds. The smallest absolute Gasteiger partial charge is 0.328 e. The summed E-state index contributed by atoms with van der Waals surface area (Å²) in [5, 5.41) is 2.88. The van der Waals surface area contributed by atoms with Gasteiger partial charge in [-0.15, -0.1) is 0 Å². The minimum atomic E-state index is -1.61. The van der Waals surface area contributed by atoms with Gasteiger partial charge >= 0.3 is 5.97 Å². The van der Waals surface area contributed by atoms with Gasteiger partial charge in [0.05, 0.1) is 5.41 Å². The van der Waals surface area contributed by atoms with Gasteiger partial charge in [-0.05, 0) is 30.7 Å². The fourth-order valence-corrected chi connectivity index (χ4v) is 5.34. The lowest BCUT2D eigenvalue weighted by atomic mass is 9.86. The molecule has 1 N–H and O–H groups in total. The molecule has 3 atom stereocenters. The first-order valence-corrected chi connectivity index (χ1v) is 11.1. The fraction of sp³-hybridized carbons (Fsp3) is 0.192. The van der Waals surface area contributed by atoms with Crippen molar-refractivity contribution in [2.24, 2.45) is 10.8 Å². The van der Waals surface area contributed by atoms with Gasteiger partial charge in [0.15, 0.2) is 11.2 Å². The van der Waals surface area contributed by atoms with Crippen LogP contribution in [0.15, 0.2) is 83.3 Å². The number of nitrogens with one attached hydrogen (secondary N) is 1. The van der Waals surface area contributed by atoms with E-state index in [0.29, 0.717) is 16.9 Å². The van der Waals surface area contributed by atoms with Crippen LogP contribution in [-0.4, -0.2) is 17.7 Å². The van der Waals surface area contributed by atoms with Crippen molar-refractivity contribution in [1.29, 1.82) is 0 Å². The van der Waals surface area contributed by atoms with Gasteiger partial charge in [-0.2, -0.15) is 0 Å². The van der Waals surface area contributed by atoms with Gasteiger partial charge in [0.2, 0.25) is 5.91 Å². The van der Waals surface area contributed by atoms with Crippen molar-refractivity contribution in [3.63, 3.8) is 0 Å². The van der Waals surface area contributed by atoms with Gasteiger partial charge in [-0.25, -0.2) is 0 Å². The number of para-hydroxylation sites is 1. The van der Waals surface area contributed by atoms with Crippen molar-refractivity contribution in [2.45, 2.75) is 19.4 Å². The Bertz CT molecular complexity index is 1240.